The van der Waals surface area contributed by atoms with Crippen molar-refractivity contribution in [2.45, 2.75) is 25.8 Å². The minimum atomic E-state index is 0.0173. The van der Waals surface area contributed by atoms with E-state index in [0.29, 0.717) is 22.7 Å². The average Bonchev–Trinajstić information content (AvgIpc) is 3.10. The first kappa shape index (κ1) is 11.4. The molecule has 0 saturated heterocycles. The van der Waals surface area contributed by atoms with Gasteiger partial charge in [0.25, 0.3) is 5.91 Å². The first-order valence-electron chi connectivity index (χ1n) is 5.48. The first-order chi connectivity index (χ1) is 7.59. The van der Waals surface area contributed by atoms with Crippen molar-refractivity contribution < 1.29 is 4.79 Å². The SMILES string of the molecule is C[C@@H](C1CC1)N(C)C(=O)c1ccnc(Cl)c1. The van der Waals surface area contributed by atoms with Crippen molar-refractivity contribution in [1.29, 1.82) is 0 Å². The molecule has 3 nitrogen and oxygen atoms in total. The van der Waals surface area contributed by atoms with Gasteiger partial charge in [-0.25, -0.2) is 4.98 Å². The van der Waals surface area contributed by atoms with Crippen molar-refractivity contribution in [3.8, 4) is 0 Å². The van der Waals surface area contributed by atoms with Gasteiger partial charge in [0.2, 0.25) is 0 Å². The van der Waals surface area contributed by atoms with Gasteiger partial charge in [-0.1, -0.05) is 11.6 Å². The van der Waals surface area contributed by atoms with E-state index in [4.69, 9.17) is 11.6 Å². The van der Waals surface area contributed by atoms with Gasteiger partial charge in [0.15, 0.2) is 0 Å². The summed E-state index contributed by atoms with van der Waals surface area (Å²) in [5.74, 6) is 0.690. The second-order valence-corrected chi connectivity index (χ2v) is 4.75. The van der Waals surface area contributed by atoms with E-state index in [9.17, 15) is 4.79 Å². The van der Waals surface area contributed by atoms with Gasteiger partial charge < -0.3 is 4.90 Å². The van der Waals surface area contributed by atoms with E-state index in [1.807, 2.05) is 7.05 Å². The summed E-state index contributed by atoms with van der Waals surface area (Å²) < 4.78 is 0. The molecule has 1 aromatic rings. The lowest BCUT2D eigenvalue weighted by molar-refractivity contribution is 0.0727. The monoisotopic (exact) mass is 238 g/mol. The second-order valence-electron chi connectivity index (χ2n) is 4.36. The molecule has 0 spiro atoms. The predicted octanol–water partition coefficient (Wildman–Crippen LogP) is 2.61. The lowest BCUT2D eigenvalue weighted by Crippen LogP contribution is -2.36. The zero-order chi connectivity index (χ0) is 11.7. The quantitative estimate of drug-likeness (QED) is 0.759. The van der Waals surface area contributed by atoms with Crippen molar-refractivity contribution in [3.05, 3.63) is 29.0 Å². The van der Waals surface area contributed by atoms with Crippen LogP contribution in [-0.2, 0) is 0 Å². The van der Waals surface area contributed by atoms with E-state index >= 15 is 0 Å². The smallest absolute Gasteiger partial charge is 0.254 e. The fraction of sp³-hybridized carbons (Fsp3) is 0.500. The molecule has 1 atom stereocenters. The van der Waals surface area contributed by atoms with E-state index in [1.54, 1.807) is 23.2 Å². The molecule has 16 heavy (non-hydrogen) atoms. The van der Waals surface area contributed by atoms with Crippen molar-refractivity contribution in [1.82, 2.24) is 9.88 Å². The fourth-order valence-electron chi connectivity index (χ4n) is 1.82. The molecule has 1 saturated carbocycles. The molecule has 1 aliphatic carbocycles. The largest absolute Gasteiger partial charge is 0.339 e. The molecule has 2 rings (SSSR count). The van der Waals surface area contributed by atoms with Gasteiger partial charge >= 0.3 is 0 Å². The number of hydrogen-bond acceptors (Lipinski definition) is 2. The summed E-state index contributed by atoms with van der Waals surface area (Å²) in [6.45, 7) is 2.10. The number of hydrogen-bond donors (Lipinski definition) is 0. The van der Waals surface area contributed by atoms with Crippen molar-refractivity contribution in [2.24, 2.45) is 5.92 Å². The van der Waals surface area contributed by atoms with E-state index in [2.05, 4.69) is 11.9 Å². The molecule has 0 bridgehead atoms. The Morgan fingerprint density at radius 2 is 2.31 bits per heavy atom. The molecule has 1 aliphatic rings. The van der Waals surface area contributed by atoms with Crippen LogP contribution in [0.5, 0.6) is 0 Å². The zero-order valence-corrected chi connectivity index (χ0v) is 10.2. The molecule has 4 heteroatoms. The van der Waals surface area contributed by atoms with Crippen LogP contribution in [0, 0.1) is 5.92 Å². The maximum Gasteiger partial charge on any atom is 0.254 e. The lowest BCUT2D eigenvalue weighted by Gasteiger charge is -2.24. The normalized spacial score (nSPS) is 16.9. The summed E-state index contributed by atoms with van der Waals surface area (Å²) in [5.41, 5.74) is 0.606. The molecule has 0 unspecified atom stereocenters. The highest BCUT2D eigenvalue weighted by atomic mass is 35.5. The Hall–Kier alpha value is -1.09. The molecular weight excluding hydrogens is 224 g/mol. The van der Waals surface area contributed by atoms with Gasteiger partial charge in [0.1, 0.15) is 5.15 Å². The van der Waals surface area contributed by atoms with Crippen LogP contribution < -0.4 is 0 Å². The number of aromatic nitrogens is 1. The number of carbonyl (C=O) groups is 1. The van der Waals surface area contributed by atoms with E-state index in [1.165, 1.54) is 12.8 Å². The highest BCUT2D eigenvalue weighted by Gasteiger charge is 2.32. The Morgan fingerprint density at radius 1 is 1.62 bits per heavy atom. The van der Waals surface area contributed by atoms with Crippen LogP contribution in [0.25, 0.3) is 0 Å². The van der Waals surface area contributed by atoms with Crippen LogP contribution in [0.2, 0.25) is 5.15 Å². The average molecular weight is 239 g/mol. The van der Waals surface area contributed by atoms with Crippen LogP contribution in [0.1, 0.15) is 30.1 Å². The summed E-state index contributed by atoms with van der Waals surface area (Å²) in [5, 5.41) is 0.360. The molecule has 1 fully saturated rings. The van der Waals surface area contributed by atoms with Crippen LogP contribution >= 0.6 is 11.6 Å². The summed E-state index contributed by atoms with van der Waals surface area (Å²) >= 11 is 5.77. The number of rotatable bonds is 3. The molecule has 1 amide bonds. The van der Waals surface area contributed by atoms with Crippen LogP contribution in [0.3, 0.4) is 0 Å². The van der Waals surface area contributed by atoms with Gasteiger partial charge in [0.05, 0.1) is 0 Å². The number of nitrogens with zero attached hydrogens (tertiary/aromatic N) is 2. The summed E-state index contributed by atoms with van der Waals surface area (Å²) in [6.07, 6.45) is 4.02. The minimum Gasteiger partial charge on any atom is -0.339 e. The number of amides is 1. The summed E-state index contributed by atoms with van der Waals surface area (Å²) in [7, 11) is 1.85. The van der Waals surface area contributed by atoms with Gasteiger partial charge in [-0.2, -0.15) is 0 Å². The van der Waals surface area contributed by atoms with Gasteiger partial charge in [-0.05, 0) is 37.8 Å². The Kier molecular flexibility index (Phi) is 3.15. The molecular formula is C12H15ClN2O. The molecule has 86 valence electrons. The van der Waals surface area contributed by atoms with Crippen LogP contribution in [-0.4, -0.2) is 28.9 Å². The zero-order valence-electron chi connectivity index (χ0n) is 9.48. The molecule has 0 N–H and O–H groups in total. The van der Waals surface area contributed by atoms with E-state index in [-0.39, 0.29) is 5.91 Å². The molecule has 1 heterocycles. The molecule has 1 aromatic heterocycles. The number of halogens is 1. The van der Waals surface area contributed by atoms with Crippen molar-refractivity contribution in [2.75, 3.05) is 7.05 Å². The van der Waals surface area contributed by atoms with E-state index < -0.39 is 0 Å². The van der Waals surface area contributed by atoms with Crippen LogP contribution in [0.4, 0.5) is 0 Å². The van der Waals surface area contributed by atoms with Gasteiger partial charge in [-0.15, -0.1) is 0 Å². The Labute approximate surface area is 100 Å². The fourth-order valence-corrected chi connectivity index (χ4v) is 1.99. The second kappa shape index (κ2) is 4.42. The maximum atomic E-state index is 12.1. The lowest BCUT2D eigenvalue weighted by atomic mass is 10.1. The molecule has 0 aliphatic heterocycles. The molecule has 0 radical (unpaired) electrons. The Morgan fingerprint density at radius 3 is 2.88 bits per heavy atom. The Bertz CT molecular complexity index is 404. The standard InChI is InChI=1S/C12H15ClN2O/c1-8(9-3-4-9)15(2)12(16)10-5-6-14-11(13)7-10/h5-9H,3-4H2,1-2H3/t8-/m0/s1. The first-order valence-corrected chi connectivity index (χ1v) is 5.86. The third kappa shape index (κ3) is 2.35. The van der Waals surface area contributed by atoms with Crippen LogP contribution in [0.15, 0.2) is 18.3 Å². The number of pyridine rings is 1. The van der Waals surface area contributed by atoms with Crippen molar-refractivity contribution >= 4 is 17.5 Å². The maximum absolute atomic E-state index is 12.1. The highest BCUT2D eigenvalue weighted by molar-refractivity contribution is 6.29. The van der Waals surface area contributed by atoms with Gasteiger partial charge in [-0.3, -0.25) is 4.79 Å². The molecule has 0 aromatic carbocycles. The number of carbonyl (C=O) groups excluding carboxylic acids is 1. The topological polar surface area (TPSA) is 33.2 Å². The third-order valence-electron chi connectivity index (χ3n) is 3.21. The van der Waals surface area contributed by atoms with Crippen molar-refractivity contribution in [3.63, 3.8) is 0 Å². The highest BCUT2D eigenvalue weighted by Crippen LogP contribution is 2.35. The summed E-state index contributed by atoms with van der Waals surface area (Å²) in [4.78, 5) is 17.8. The third-order valence-corrected chi connectivity index (χ3v) is 3.42. The van der Waals surface area contributed by atoms with E-state index in [0.717, 1.165) is 0 Å². The van der Waals surface area contributed by atoms with Gasteiger partial charge in [0, 0.05) is 24.8 Å². The predicted molar refractivity (Wildman–Crippen MR) is 63.5 cm³/mol. The Balaban J connectivity index is 2.11. The minimum absolute atomic E-state index is 0.0173. The summed E-state index contributed by atoms with van der Waals surface area (Å²) in [6, 6.07) is 3.61.